The van der Waals surface area contributed by atoms with E-state index < -0.39 is 5.79 Å². The summed E-state index contributed by atoms with van der Waals surface area (Å²) in [5.74, 6) is -0.680. The fraction of sp³-hybridized carbons (Fsp3) is 0.435. The molecule has 2 heterocycles. The van der Waals surface area contributed by atoms with Gasteiger partial charge in [0, 0.05) is 6.54 Å². The second kappa shape index (κ2) is 8.02. The Morgan fingerprint density at radius 3 is 2.21 bits per heavy atom. The Balaban J connectivity index is 1.52. The fourth-order valence-electron chi connectivity index (χ4n) is 4.16. The quantitative estimate of drug-likeness (QED) is 0.770. The number of fused-ring (bicyclic) bond motifs is 1. The smallest absolute Gasteiger partial charge is 0.163 e. The summed E-state index contributed by atoms with van der Waals surface area (Å²) in [6, 6.07) is 22.4. The largest absolute Gasteiger partial charge is 0.375 e. The van der Waals surface area contributed by atoms with E-state index in [0.29, 0.717) is 19.8 Å². The SMILES string of the molecule is CC1(C)O[C@@H]2[C@H](O1)[C@H](COCc1ccccc1)N(Cc1ccccc1)[C@@H]2C#N. The third-order valence-corrected chi connectivity index (χ3v) is 5.38. The summed E-state index contributed by atoms with van der Waals surface area (Å²) < 4.78 is 18.3. The van der Waals surface area contributed by atoms with Crippen molar-refractivity contribution in [2.24, 2.45) is 0 Å². The zero-order valence-corrected chi connectivity index (χ0v) is 16.3. The van der Waals surface area contributed by atoms with Gasteiger partial charge in [0.15, 0.2) is 5.79 Å². The highest BCUT2D eigenvalue weighted by atomic mass is 16.8. The molecule has 28 heavy (non-hydrogen) atoms. The van der Waals surface area contributed by atoms with Crippen LogP contribution in [0.15, 0.2) is 60.7 Å². The molecule has 146 valence electrons. The summed E-state index contributed by atoms with van der Waals surface area (Å²) in [5.41, 5.74) is 2.29. The van der Waals surface area contributed by atoms with Crippen LogP contribution in [-0.2, 0) is 27.4 Å². The Bertz CT molecular complexity index is 819. The van der Waals surface area contributed by atoms with Crippen LogP contribution in [0.25, 0.3) is 0 Å². The van der Waals surface area contributed by atoms with Gasteiger partial charge in [-0.1, -0.05) is 60.7 Å². The molecular formula is C23H26N2O3. The van der Waals surface area contributed by atoms with Crippen LogP contribution in [-0.4, -0.2) is 41.6 Å². The van der Waals surface area contributed by atoms with Crippen molar-refractivity contribution in [2.75, 3.05) is 6.61 Å². The summed E-state index contributed by atoms with van der Waals surface area (Å²) in [4.78, 5) is 2.17. The van der Waals surface area contributed by atoms with Gasteiger partial charge < -0.3 is 14.2 Å². The minimum Gasteiger partial charge on any atom is -0.375 e. The topological polar surface area (TPSA) is 54.7 Å². The summed E-state index contributed by atoms with van der Waals surface area (Å²) in [6.45, 7) is 5.50. The van der Waals surface area contributed by atoms with E-state index >= 15 is 0 Å². The minimum atomic E-state index is -0.680. The van der Waals surface area contributed by atoms with Gasteiger partial charge in [-0.3, -0.25) is 4.90 Å². The molecule has 2 fully saturated rings. The Morgan fingerprint density at radius 1 is 0.964 bits per heavy atom. The molecule has 0 unspecified atom stereocenters. The molecule has 0 aromatic heterocycles. The molecule has 0 saturated carbocycles. The maximum Gasteiger partial charge on any atom is 0.163 e. The Morgan fingerprint density at radius 2 is 1.57 bits per heavy atom. The van der Waals surface area contributed by atoms with Gasteiger partial charge in [0.2, 0.25) is 0 Å². The van der Waals surface area contributed by atoms with Crippen LogP contribution in [0.5, 0.6) is 0 Å². The number of hydrogen-bond acceptors (Lipinski definition) is 5. The van der Waals surface area contributed by atoms with Gasteiger partial charge in [-0.05, 0) is 25.0 Å². The number of ether oxygens (including phenoxy) is 3. The summed E-state index contributed by atoms with van der Waals surface area (Å²) in [6.07, 6.45) is -0.451. The van der Waals surface area contributed by atoms with Crippen LogP contribution in [0.4, 0.5) is 0 Å². The monoisotopic (exact) mass is 378 g/mol. The molecule has 4 atom stereocenters. The lowest BCUT2D eigenvalue weighted by atomic mass is 10.1. The normalized spacial score (nSPS) is 28.8. The van der Waals surface area contributed by atoms with Crippen LogP contribution in [0.2, 0.25) is 0 Å². The molecule has 2 aromatic carbocycles. The standard InChI is InChI=1S/C23H26N2O3/c1-23(2)27-21-19(13-24)25(14-17-9-5-3-6-10-17)20(22(21)28-23)16-26-15-18-11-7-4-8-12-18/h3-12,19-22H,14-16H2,1-2H3/t19-,20+,21+,22-/m1/s1. The first-order chi connectivity index (χ1) is 13.6. The third-order valence-electron chi connectivity index (χ3n) is 5.38. The van der Waals surface area contributed by atoms with E-state index in [1.54, 1.807) is 0 Å². The zero-order valence-electron chi connectivity index (χ0n) is 16.3. The van der Waals surface area contributed by atoms with Gasteiger partial charge in [0.25, 0.3) is 0 Å². The lowest BCUT2D eigenvalue weighted by Gasteiger charge is -2.31. The first-order valence-corrected chi connectivity index (χ1v) is 9.74. The molecule has 0 spiro atoms. The van der Waals surface area contributed by atoms with Gasteiger partial charge in [0.05, 0.1) is 25.3 Å². The van der Waals surface area contributed by atoms with Crippen molar-refractivity contribution in [2.45, 2.75) is 57.1 Å². The molecule has 0 radical (unpaired) electrons. The molecule has 2 aromatic rings. The number of benzene rings is 2. The van der Waals surface area contributed by atoms with E-state index in [4.69, 9.17) is 14.2 Å². The van der Waals surface area contributed by atoms with Crippen LogP contribution >= 0.6 is 0 Å². The average molecular weight is 378 g/mol. The summed E-state index contributed by atoms with van der Waals surface area (Å²) in [7, 11) is 0. The Kier molecular flexibility index (Phi) is 5.47. The summed E-state index contributed by atoms with van der Waals surface area (Å²) >= 11 is 0. The lowest BCUT2D eigenvalue weighted by Crippen LogP contribution is -2.44. The average Bonchev–Trinajstić information content (AvgIpc) is 3.14. The van der Waals surface area contributed by atoms with E-state index in [-0.39, 0.29) is 24.3 Å². The predicted molar refractivity (Wildman–Crippen MR) is 105 cm³/mol. The molecule has 0 N–H and O–H groups in total. The van der Waals surface area contributed by atoms with Crippen molar-refractivity contribution < 1.29 is 14.2 Å². The van der Waals surface area contributed by atoms with E-state index in [0.717, 1.165) is 11.1 Å². The molecule has 2 aliphatic rings. The van der Waals surface area contributed by atoms with Crippen molar-refractivity contribution in [3.63, 3.8) is 0 Å². The fourth-order valence-corrected chi connectivity index (χ4v) is 4.16. The number of nitriles is 1. The molecular weight excluding hydrogens is 352 g/mol. The number of hydrogen-bond donors (Lipinski definition) is 0. The number of rotatable bonds is 6. The van der Waals surface area contributed by atoms with Crippen molar-refractivity contribution in [1.29, 1.82) is 5.26 Å². The van der Waals surface area contributed by atoms with E-state index in [1.807, 2.05) is 50.2 Å². The molecule has 2 saturated heterocycles. The van der Waals surface area contributed by atoms with Crippen molar-refractivity contribution in [3.8, 4) is 6.07 Å². The lowest BCUT2D eigenvalue weighted by molar-refractivity contribution is -0.168. The summed E-state index contributed by atoms with van der Waals surface area (Å²) in [5, 5.41) is 9.88. The molecule has 5 nitrogen and oxygen atoms in total. The molecule has 4 rings (SSSR count). The van der Waals surface area contributed by atoms with Crippen molar-refractivity contribution in [3.05, 3.63) is 71.8 Å². The first kappa shape index (κ1) is 19.1. The molecule has 2 aliphatic heterocycles. The van der Waals surface area contributed by atoms with Gasteiger partial charge >= 0.3 is 0 Å². The third kappa shape index (κ3) is 3.96. The zero-order chi connectivity index (χ0) is 19.6. The molecule has 5 heteroatoms. The van der Waals surface area contributed by atoms with Gasteiger partial charge in [-0.25, -0.2) is 0 Å². The van der Waals surface area contributed by atoms with E-state index in [9.17, 15) is 5.26 Å². The highest BCUT2D eigenvalue weighted by Gasteiger charge is 2.58. The van der Waals surface area contributed by atoms with Crippen LogP contribution in [0.3, 0.4) is 0 Å². The van der Waals surface area contributed by atoms with Crippen LogP contribution in [0, 0.1) is 11.3 Å². The van der Waals surface area contributed by atoms with Crippen LogP contribution < -0.4 is 0 Å². The molecule has 0 aliphatic carbocycles. The van der Waals surface area contributed by atoms with Crippen LogP contribution in [0.1, 0.15) is 25.0 Å². The minimum absolute atomic E-state index is 0.0413. The van der Waals surface area contributed by atoms with Crippen molar-refractivity contribution in [1.82, 2.24) is 4.90 Å². The first-order valence-electron chi connectivity index (χ1n) is 9.74. The van der Waals surface area contributed by atoms with Gasteiger partial charge in [-0.15, -0.1) is 0 Å². The highest BCUT2D eigenvalue weighted by Crippen LogP contribution is 2.41. The van der Waals surface area contributed by atoms with E-state index in [2.05, 4.69) is 35.2 Å². The Hall–Kier alpha value is -2.23. The molecule has 0 bridgehead atoms. The Labute approximate surface area is 166 Å². The van der Waals surface area contributed by atoms with E-state index in [1.165, 1.54) is 0 Å². The maximum absolute atomic E-state index is 9.88. The second-order valence-corrected chi connectivity index (χ2v) is 7.86. The van der Waals surface area contributed by atoms with Crippen molar-refractivity contribution >= 4 is 0 Å². The maximum atomic E-state index is 9.88. The number of nitrogens with zero attached hydrogens (tertiary/aromatic N) is 2. The number of likely N-dealkylation sites (tertiary alicyclic amines) is 1. The highest BCUT2D eigenvalue weighted by molar-refractivity contribution is 5.20. The second-order valence-electron chi connectivity index (χ2n) is 7.86. The van der Waals surface area contributed by atoms with Gasteiger partial charge in [0.1, 0.15) is 18.2 Å². The predicted octanol–water partition coefficient (Wildman–Crippen LogP) is 3.50. The molecule has 0 amide bonds. The van der Waals surface area contributed by atoms with Gasteiger partial charge in [-0.2, -0.15) is 5.26 Å².